The van der Waals surface area contributed by atoms with Gasteiger partial charge in [-0.2, -0.15) is 22.0 Å². The minimum absolute atomic E-state index is 0.307. The molecule has 1 unspecified atom stereocenters. The summed E-state index contributed by atoms with van der Waals surface area (Å²) in [6.45, 7) is 0. The van der Waals surface area contributed by atoms with Gasteiger partial charge in [-0.3, -0.25) is 4.79 Å². The summed E-state index contributed by atoms with van der Waals surface area (Å²) in [5.74, 6) is -7.15. The lowest BCUT2D eigenvalue weighted by Crippen LogP contribution is -2.51. The molecule has 0 aromatic heterocycles. The highest BCUT2D eigenvalue weighted by Crippen LogP contribution is 2.39. The van der Waals surface area contributed by atoms with E-state index in [-0.39, 0.29) is 0 Å². The Morgan fingerprint density at radius 2 is 1.85 bits per heavy atom. The maximum atomic E-state index is 12.9. The Hall–Kier alpha value is -1.31. The van der Waals surface area contributed by atoms with E-state index in [1.54, 1.807) is 29.6 Å². The van der Waals surface area contributed by atoms with Crippen molar-refractivity contribution in [1.29, 1.82) is 0 Å². The number of alkyl halides is 5. The van der Waals surface area contributed by atoms with Gasteiger partial charge in [-0.25, -0.2) is 0 Å². The lowest BCUT2D eigenvalue weighted by molar-refractivity contribution is -0.270. The normalized spacial score (nSPS) is 19.4. The van der Waals surface area contributed by atoms with Crippen molar-refractivity contribution in [2.75, 3.05) is 5.75 Å². The van der Waals surface area contributed by atoms with Crippen LogP contribution >= 0.6 is 11.8 Å². The number of carbonyl (C=O) groups excluding carboxylic acids is 1. The second kappa shape index (κ2) is 5.23. The molecule has 1 N–H and O–H groups in total. The van der Waals surface area contributed by atoms with Crippen molar-refractivity contribution in [3.8, 4) is 0 Å². The van der Waals surface area contributed by atoms with Gasteiger partial charge in [-0.15, -0.1) is 11.8 Å². The van der Waals surface area contributed by atoms with Gasteiger partial charge >= 0.3 is 18.0 Å². The molecule has 1 aromatic carbocycles. The molecule has 1 aliphatic heterocycles. The molecule has 8 heteroatoms. The van der Waals surface area contributed by atoms with Gasteiger partial charge < -0.3 is 5.32 Å². The maximum Gasteiger partial charge on any atom is 0.463 e. The standard InChI is InChI=1S/C12H10F5NOS/c13-11(14,12(15,16)17)10(19)18-8-5-6-20-9-4-2-1-3-7(8)9/h1-4,8H,5-6H2,(H,18,19). The zero-order valence-electron chi connectivity index (χ0n) is 10.0. The van der Waals surface area contributed by atoms with E-state index in [1.165, 1.54) is 11.8 Å². The zero-order valence-corrected chi connectivity index (χ0v) is 10.8. The Kier molecular flexibility index (Phi) is 3.95. The summed E-state index contributed by atoms with van der Waals surface area (Å²) in [5, 5.41) is 1.80. The molecule has 0 bridgehead atoms. The SMILES string of the molecule is O=C(NC1CCSc2ccccc21)C(F)(F)C(F)(F)F. The minimum Gasteiger partial charge on any atom is -0.344 e. The zero-order chi connectivity index (χ0) is 15.0. The van der Waals surface area contributed by atoms with Crippen LogP contribution in [0.1, 0.15) is 18.0 Å². The van der Waals surface area contributed by atoms with Crippen LogP contribution in [0.15, 0.2) is 29.2 Å². The first kappa shape index (κ1) is 15.1. The van der Waals surface area contributed by atoms with Gasteiger partial charge in [0.05, 0.1) is 6.04 Å². The van der Waals surface area contributed by atoms with Crippen molar-refractivity contribution >= 4 is 17.7 Å². The Bertz CT molecular complexity index is 517. The molecule has 0 fully saturated rings. The van der Waals surface area contributed by atoms with E-state index in [1.807, 2.05) is 0 Å². The van der Waals surface area contributed by atoms with Gasteiger partial charge in [0.1, 0.15) is 0 Å². The maximum absolute atomic E-state index is 12.9. The molecule has 110 valence electrons. The quantitative estimate of drug-likeness (QED) is 0.847. The number of halogens is 5. The fraction of sp³-hybridized carbons (Fsp3) is 0.417. The Balaban J connectivity index is 2.18. The van der Waals surface area contributed by atoms with E-state index in [2.05, 4.69) is 0 Å². The minimum atomic E-state index is -5.89. The highest BCUT2D eigenvalue weighted by molar-refractivity contribution is 7.99. The molecule has 0 radical (unpaired) electrons. The second-order valence-corrected chi connectivity index (χ2v) is 5.41. The van der Waals surface area contributed by atoms with Crippen molar-refractivity contribution in [1.82, 2.24) is 5.32 Å². The fourth-order valence-corrected chi connectivity index (χ4v) is 2.99. The molecule has 1 aromatic rings. The van der Waals surface area contributed by atoms with Crippen LogP contribution in [0.4, 0.5) is 22.0 Å². The van der Waals surface area contributed by atoms with Gasteiger partial charge in [0.15, 0.2) is 0 Å². The lowest BCUT2D eigenvalue weighted by atomic mass is 10.0. The smallest absolute Gasteiger partial charge is 0.344 e. The van der Waals surface area contributed by atoms with Gasteiger partial charge in [0, 0.05) is 10.6 Å². The second-order valence-electron chi connectivity index (χ2n) is 4.27. The third kappa shape index (κ3) is 2.74. The predicted molar refractivity (Wildman–Crippen MR) is 63.7 cm³/mol. The van der Waals surface area contributed by atoms with E-state index in [0.717, 1.165) is 4.90 Å². The molecule has 2 rings (SSSR count). The summed E-state index contributed by atoms with van der Waals surface area (Å²) >= 11 is 1.47. The molecule has 0 aliphatic carbocycles. The monoisotopic (exact) mass is 311 g/mol. The summed E-state index contributed by atoms with van der Waals surface area (Å²) in [4.78, 5) is 12.0. The molecule has 1 amide bonds. The summed E-state index contributed by atoms with van der Waals surface area (Å²) in [6, 6.07) is 5.90. The average molecular weight is 311 g/mol. The van der Waals surface area contributed by atoms with Crippen LogP contribution in [0.3, 0.4) is 0 Å². The number of rotatable bonds is 2. The Morgan fingerprint density at radius 3 is 2.50 bits per heavy atom. The summed E-state index contributed by atoms with van der Waals surface area (Å²) in [5.41, 5.74) is 0.565. The molecule has 1 aliphatic rings. The van der Waals surface area contributed by atoms with Gasteiger partial charge in [-0.1, -0.05) is 18.2 Å². The van der Waals surface area contributed by atoms with E-state index >= 15 is 0 Å². The average Bonchev–Trinajstić information content (AvgIpc) is 2.37. The van der Waals surface area contributed by atoms with Crippen molar-refractivity contribution in [2.45, 2.75) is 29.5 Å². The first-order chi connectivity index (χ1) is 9.23. The van der Waals surface area contributed by atoms with Crippen LogP contribution in [0.5, 0.6) is 0 Å². The van der Waals surface area contributed by atoms with Gasteiger partial charge in [0.25, 0.3) is 0 Å². The van der Waals surface area contributed by atoms with Crippen LogP contribution < -0.4 is 5.32 Å². The molecule has 0 saturated heterocycles. The first-order valence-electron chi connectivity index (χ1n) is 5.70. The third-order valence-corrected chi connectivity index (χ3v) is 4.03. The number of carbonyl (C=O) groups is 1. The topological polar surface area (TPSA) is 29.1 Å². The summed E-state index contributed by atoms with van der Waals surface area (Å²) in [7, 11) is 0. The molecule has 1 heterocycles. The van der Waals surface area contributed by atoms with Crippen LogP contribution in [0, 0.1) is 0 Å². The van der Waals surface area contributed by atoms with E-state index < -0.39 is 24.0 Å². The van der Waals surface area contributed by atoms with E-state index in [0.29, 0.717) is 17.7 Å². The molecular weight excluding hydrogens is 301 g/mol. The molecule has 2 nitrogen and oxygen atoms in total. The lowest BCUT2D eigenvalue weighted by Gasteiger charge is -2.28. The third-order valence-electron chi connectivity index (χ3n) is 2.91. The number of thioether (sulfide) groups is 1. The van der Waals surface area contributed by atoms with Gasteiger partial charge in [-0.05, 0) is 18.1 Å². The van der Waals surface area contributed by atoms with E-state index in [9.17, 15) is 26.7 Å². The van der Waals surface area contributed by atoms with Crippen LogP contribution in [0.2, 0.25) is 0 Å². The predicted octanol–water partition coefficient (Wildman–Crippen LogP) is 3.54. The van der Waals surface area contributed by atoms with Crippen molar-refractivity contribution in [3.63, 3.8) is 0 Å². The van der Waals surface area contributed by atoms with Crippen LogP contribution in [0.25, 0.3) is 0 Å². The van der Waals surface area contributed by atoms with Crippen molar-refractivity contribution in [3.05, 3.63) is 29.8 Å². The van der Waals surface area contributed by atoms with E-state index in [4.69, 9.17) is 0 Å². The van der Waals surface area contributed by atoms with Crippen LogP contribution in [-0.4, -0.2) is 23.8 Å². The molecule has 20 heavy (non-hydrogen) atoms. The van der Waals surface area contributed by atoms with Crippen molar-refractivity contribution in [2.24, 2.45) is 0 Å². The first-order valence-corrected chi connectivity index (χ1v) is 6.69. The Labute approximate surface area is 115 Å². The molecule has 0 spiro atoms. The highest BCUT2D eigenvalue weighted by Gasteiger charge is 2.63. The molecule has 1 atom stereocenters. The molecule has 0 saturated carbocycles. The number of hydrogen-bond donors (Lipinski definition) is 1. The largest absolute Gasteiger partial charge is 0.463 e. The number of fused-ring (bicyclic) bond motifs is 1. The van der Waals surface area contributed by atoms with Crippen molar-refractivity contribution < 1.29 is 26.7 Å². The van der Waals surface area contributed by atoms with Gasteiger partial charge in [0.2, 0.25) is 0 Å². The summed E-state index contributed by atoms with van der Waals surface area (Å²) < 4.78 is 62.2. The Morgan fingerprint density at radius 1 is 1.20 bits per heavy atom. The molecular formula is C12H10F5NOS. The van der Waals surface area contributed by atoms with Crippen LogP contribution in [-0.2, 0) is 4.79 Å². The number of hydrogen-bond acceptors (Lipinski definition) is 2. The summed E-state index contributed by atoms with van der Waals surface area (Å²) in [6.07, 6.45) is -5.58. The highest BCUT2D eigenvalue weighted by atomic mass is 32.2. The number of benzene rings is 1. The fourth-order valence-electron chi connectivity index (χ4n) is 1.87. The number of nitrogens with one attached hydrogen (secondary N) is 1. The number of amides is 1.